The molecule has 0 unspecified atom stereocenters. The van der Waals surface area contributed by atoms with Gasteiger partial charge in [0, 0.05) is 32.6 Å². The molecule has 2 saturated heterocycles. The molecule has 2 aliphatic rings. The Kier molecular flexibility index (Phi) is 7.23. The van der Waals surface area contributed by atoms with Crippen LogP contribution in [0.15, 0.2) is 15.8 Å². The van der Waals surface area contributed by atoms with Crippen LogP contribution in [0.4, 0.5) is 13.2 Å². The van der Waals surface area contributed by atoms with Crippen LogP contribution in [0.5, 0.6) is 0 Å². The van der Waals surface area contributed by atoms with Gasteiger partial charge in [-0.1, -0.05) is 5.92 Å². The van der Waals surface area contributed by atoms with Gasteiger partial charge >= 0.3 is 11.9 Å². The van der Waals surface area contributed by atoms with E-state index in [1.54, 1.807) is 4.98 Å². The van der Waals surface area contributed by atoms with Gasteiger partial charge < -0.3 is 23.7 Å². The second kappa shape index (κ2) is 9.54. The van der Waals surface area contributed by atoms with Crippen LogP contribution >= 0.6 is 0 Å². The first-order valence-electron chi connectivity index (χ1n) is 9.59. The summed E-state index contributed by atoms with van der Waals surface area (Å²) >= 11 is 0. The molecule has 12 heteroatoms. The maximum atomic E-state index is 13.1. The Morgan fingerprint density at radius 2 is 2.06 bits per heavy atom. The van der Waals surface area contributed by atoms with Crippen LogP contribution in [0.3, 0.4) is 0 Å². The summed E-state index contributed by atoms with van der Waals surface area (Å²) in [7, 11) is 1.51. The van der Waals surface area contributed by atoms with E-state index in [-0.39, 0.29) is 19.6 Å². The monoisotopic (exact) mass is 448 g/mol. The van der Waals surface area contributed by atoms with Crippen LogP contribution in [-0.2, 0) is 29.9 Å². The lowest BCUT2D eigenvalue weighted by Crippen LogP contribution is -2.44. The van der Waals surface area contributed by atoms with Crippen LogP contribution in [-0.4, -0.2) is 61.1 Å². The Morgan fingerprint density at radius 3 is 2.68 bits per heavy atom. The van der Waals surface area contributed by atoms with E-state index in [1.165, 1.54) is 7.11 Å². The summed E-state index contributed by atoms with van der Waals surface area (Å²) in [6.45, 7) is 0.830. The maximum Gasteiger partial charge on any atom is 0.423 e. The highest BCUT2D eigenvalue weighted by Crippen LogP contribution is 2.34. The van der Waals surface area contributed by atoms with Crippen LogP contribution in [0.2, 0.25) is 0 Å². The third-order valence-corrected chi connectivity index (χ3v) is 5.28. The third kappa shape index (κ3) is 5.36. The van der Waals surface area contributed by atoms with Crippen molar-refractivity contribution in [2.24, 2.45) is 0 Å². The molecule has 0 bridgehead atoms. The molecule has 1 N–H and O–H groups in total. The van der Waals surface area contributed by atoms with Crippen molar-refractivity contribution < 1.29 is 36.9 Å². The fourth-order valence-electron chi connectivity index (χ4n) is 3.58. The zero-order chi connectivity index (χ0) is 22.6. The zero-order valence-corrected chi connectivity index (χ0v) is 16.8. The number of hydrogen-bond donors (Lipinski definition) is 1. The largest absolute Gasteiger partial charge is 0.423 e. The van der Waals surface area contributed by atoms with Crippen molar-refractivity contribution >= 4 is 0 Å². The molecule has 2 fully saturated rings. The van der Waals surface area contributed by atoms with Gasteiger partial charge in [-0.3, -0.25) is 14.3 Å². The van der Waals surface area contributed by atoms with E-state index in [9.17, 15) is 22.8 Å². The molecule has 0 radical (unpaired) electrons. The van der Waals surface area contributed by atoms with Crippen molar-refractivity contribution in [3.8, 4) is 12.3 Å². The third-order valence-electron chi connectivity index (χ3n) is 5.28. The summed E-state index contributed by atoms with van der Waals surface area (Å²) in [5.74, 6) is 1.44. The summed E-state index contributed by atoms with van der Waals surface area (Å²) in [5, 5.41) is 0. The van der Waals surface area contributed by atoms with Crippen molar-refractivity contribution in [3.05, 3.63) is 32.6 Å². The number of nitrogens with one attached hydrogen (secondary N) is 1. The van der Waals surface area contributed by atoms with Crippen molar-refractivity contribution in [1.82, 2.24) is 9.55 Å². The van der Waals surface area contributed by atoms with Gasteiger partial charge in [0.1, 0.15) is 24.5 Å². The van der Waals surface area contributed by atoms with Gasteiger partial charge in [0.05, 0.1) is 25.9 Å². The van der Waals surface area contributed by atoms with Gasteiger partial charge in [0.2, 0.25) is 0 Å². The Hall–Kier alpha value is -2.17. The van der Waals surface area contributed by atoms with Gasteiger partial charge in [0.15, 0.2) is 5.79 Å². The SMILES string of the molecule is C#CCO[C@H]1C[C@H](n2cc(C(F)(F)F)c(=O)[nH]c2=O)O[C@@H]1COC1(OC)CCOCC1. The topological polar surface area (TPSA) is 101 Å². The fourth-order valence-corrected chi connectivity index (χ4v) is 3.58. The minimum absolute atomic E-state index is 0.0101. The molecule has 1 aromatic rings. The lowest BCUT2D eigenvalue weighted by Gasteiger charge is -2.36. The number of H-pyrrole nitrogens is 1. The lowest BCUT2D eigenvalue weighted by atomic mass is 10.1. The molecule has 0 saturated carbocycles. The second-order valence-electron chi connectivity index (χ2n) is 7.16. The van der Waals surface area contributed by atoms with Gasteiger partial charge in [-0.25, -0.2) is 4.79 Å². The fraction of sp³-hybridized carbons (Fsp3) is 0.684. The van der Waals surface area contributed by atoms with Crippen LogP contribution in [0.1, 0.15) is 31.1 Å². The van der Waals surface area contributed by atoms with Crippen LogP contribution in [0, 0.1) is 12.3 Å². The molecule has 0 amide bonds. The average molecular weight is 448 g/mol. The van der Waals surface area contributed by atoms with Crippen molar-refractivity contribution in [1.29, 1.82) is 0 Å². The minimum atomic E-state index is -4.93. The predicted octanol–water partition coefficient (Wildman–Crippen LogP) is 1.03. The quantitative estimate of drug-likeness (QED) is 0.491. The average Bonchev–Trinajstić information content (AvgIpc) is 3.13. The smallest absolute Gasteiger partial charge is 0.381 e. The first kappa shape index (κ1) is 23.5. The van der Waals surface area contributed by atoms with Crippen molar-refractivity contribution in [2.45, 2.75) is 49.7 Å². The summed E-state index contributed by atoms with van der Waals surface area (Å²) in [4.78, 5) is 25.4. The molecule has 1 aromatic heterocycles. The Labute approximate surface area is 175 Å². The molecule has 3 rings (SSSR count). The first-order valence-corrected chi connectivity index (χ1v) is 9.59. The molecule has 2 aliphatic heterocycles. The van der Waals surface area contributed by atoms with Gasteiger partial charge in [-0.15, -0.1) is 6.42 Å². The number of alkyl halides is 3. The Morgan fingerprint density at radius 1 is 1.35 bits per heavy atom. The predicted molar refractivity (Wildman–Crippen MR) is 99.2 cm³/mol. The van der Waals surface area contributed by atoms with Gasteiger partial charge in [-0.05, 0) is 0 Å². The van der Waals surface area contributed by atoms with E-state index in [4.69, 9.17) is 30.1 Å². The standard InChI is InChI=1S/C19H23F3N2O7/c1-3-6-29-13-9-15(24-10-12(19(20,21)22)16(25)23-17(24)26)31-14(13)11-30-18(27-2)4-7-28-8-5-18/h1,10,13-15H,4-9,11H2,2H3,(H,23,25,26)/t13-,14+,15+/m0/s1. The Balaban J connectivity index is 1.80. The number of terminal acetylenes is 1. The number of nitrogens with zero attached hydrogens (tertiary/aromatic N) is 1. The highest BCUT2D eigenvalue weighted by molar-refractivity contribution is 5.09. The number of hydrogen-bond acceptors (Lipinski definition) is 7. The van der Waals surface area contributed by atoms with E-state index in [0.717, 1.165) is 0 Å². The summed E-state index contributed by atoms with van der Waals surface area (Å²) in [6.07, 6.45) is -0.738. The first-order chi connectivity index (χ1) is 14.7. The maximum absolute atomic E-state index is 13.1. The molecule has 3 heterocycles. The molecule has 9 nitrogen and oxygen atoms in total. The number of aromatic amines is 1. The summed E-state index contributed by atoms with van der Waals surface area (Å²) < 4.78 is 68.1. The van der Waals surface area contributed by atoms with Crippen LogP contribution in [0.25, 0.3) is 0 Å². The number of halogens is 3. The highest BCUT2D eigenvalue weighted by atomic mass is 19.4. The summed E-state index contributed by atoms with van der Waals surface area (Å²) in [5.41, 5.74) is -4.05. The normalized spacial score (nSPS) is 26.0. The van der Waals surface area contributed by atoms with E-state index >= 15 is 0 Å². The van der Waals surface area contributed by atoms with E-state index in [2.05, 4.69) is 5.92 Å². The molecule has 0 aromatic carbocycles. The van der Waals surface area contributed by atoms with Crippen molar-refractivity contribution in [2.75, 3.05) is 33.5 Å². The molecular weight excluding hydrogens is 425 g/mol. The molecule has 3 atom stereocenters. The molecule has 172 valence electrons. The number of methoxy groups -OCH3 is 1. The summed E-state index contributed by atoms with van der Waals surface area (Å²) in [6, 6.07) is 0. The molecule has 31 heavy (non-hydrogen) atoms. The second-order valence-corrected chi connectivity index (χ2v) is 7.16. The molecular formula is C19H23F3N2O7. The van der Waals surface area contributed by atoms with Crippen LogP contribution < -0.4 is 11.2 Å². The van der Waals surface area contributed by atoms with Gasteiger partial charge in [0.25, 0.3) is 5.56 Å². The lowest BCUT2D eigenvalue weighted by molar-refractivity contribution is -0.268. The van der Waals surface area contributed by atoms with E-state index in [0.29, 0.717) is 36.8 Å². The molecule has 0 aliphatic carbocycles. The number of rotatable bonds is 7. The van der Waals surface area contributed by atoms with E-state index < -0.39 is 47.2 Å². The van der Waals surface area contributed by atoms with Crippen molar-refractivity contribution in [3.63, 3.8) is 0 Å². The highest BCUT2D eigenvalue weighted by Gasteiger charge is 2.42. The number of ether oxygens (including phenoxy) is 5. The number of aromatic nitrogens is 2. The zero-order valence-electron chi connectivity index (χ0n) is 16.8. The molecule has 0 spiro atoms. The van der Waals surface area contributed by atoms with E-state index in [1.807, 2.05) is 0 Å². The Bertz CT molecular complexity index is 915. The minimum Gasteiger partial charge on any atom is -0.381 e. The van der Waals surface area contributed by atoms with Gasteiger partial charge in [-0.2, -0.15) is 13.2 Å².